The van der Waals surface area contributed by atoms with E-state index in [1.807, 2.05) is 25.1 Å². The Kier molecular flexibility index (Phi) is 5.90. The molecule has 0 aliphatic carbocycles. The quantitative estimate of drug-likeness (QED) is 0.785. The van der Waals surface area contributed by atoms with Crippen molar-refractivity contribution in [2.24, 2.45) is 0 Å². The number of amides is 3. The maximum absolute atomic E-state index is 13.3. The number of rotatable bonds is 5. The molecular formula is C21H22ClN3O3. The molecule has 7 heteroatoms. The van der Waals surface area contributed by atoms with Crippen molar-refractivity contribution in [3.05, 3.63) is 70.4 Å². The van der Waals surface area contributed by atoms with Gasteiger partial charge in [0.05, 0.1) is 24.4 Å². The molecule has 6 nitrogen and oxygen atoms in total. The predicted molar refractivity (Wildman–Crippen MR) is 109 cm³/mol. The topological polar surface area (TPSA) is 70.7 Å². The molecule has 3 rings (SSSR count). The number of urea groups is 1. The molecule has 0 bridgehead atoms. The Morgan fingerprint density at radius 3 is 2.57 bits per heavy atom. The molecule has 0 saturated carbocycles. The fourth-order valence-corrected chi connectivity index (χ4v) is 3.58. The van der Waals surface area contributed by atoms with Crippen LogP contribution in [0.5, 0.6) is 5.75 Å². The summed E-state index contributed by atoms with van der Waals surface area (Å²) >= 11 is 6.36. The molecule has 3 amide bonds. The summed E-state index contributed by atoms with van der Waals surface area (Å²) in [6.45, 7) is 4.07. The number of carbonyl (C=O) groups is 2. The molecule has 2 aromatic rings. The number of allylic oxidation sites excluding steroid dienone is 1. The molecule has 2 aromatic carbocycles. The zero-order valence-electron chi connectivity index (χ0n) is 16.0. The standard InChI is InChI=1S/C21H22ClN3O3/c1-4-25-13(2)18(20(26)23-16-11-7-8-12-17(16)28-3)19(24-21(25)27)14-9-5-6-10-15(14)22/h5-12,19H,4H2,1-3H3,(H,23,26)(H,24,27)/t19-/m1/s1. The van der Waals surface area contributed by atoms with Gasteiger partial charge in [-0.05, 0) is 37.6 Å². The lowest BCUT2D eigenvalue weighted by Gasteiger charge is -2.35. The van der Waals surface area contributed by atoms with E-state index in [1.54, 1.807) is 44.4 Å². The minimum absolute atomic E-state index is 0.265. The third-order valence-electron chi connectivity index (χ3n) is 4.73. The van der Waals surface area contributed by atoms with Gasteiger partial charge in [0.2, 0.25) is 0 Å². The number of hydrogen-bond donors (Lipinski definition) is 2. The smallest absolute Gasteiger partial charge is 0.322 e. The van der Waals surface area contributed by atoms with Crippen LogP contribution in [0.15, 0.2) is 59.8 Å². The Balaban J connectivity index is 2.06. The van der Waals surface area contributed by atoms with Gasteiger partial charge in [-0.15, -0.1) is 0 Å². The van der Waals surface area contributed by atoms with Gasteiger partial charge in [-0.3, -0.25) is 9.69 Å². The fourth-order valence-electron chi connectivity index (χ4n) is 3.34. The third kappa shape index (κ3) is 3.68. The lowest BCUT2D eigenvalue weighted by molar-refractivity contribution is -0.113. The summed E-state index contributed by atoms with van der Waals surface area (Å²) in [5.41, 5.74) is 2.23. The second-order valence-corrected chi connectivity index (χ2v) is 6.71. The zero-order chi connectivity index (χ0) is 20.3. The molecule has 1 atom stereocenters. The Hall–Kier alpha value is -2.99. The molecule has 0 unspecified atom stereocenters. The van der Waals surface area contributed by atoms with Crippen LogP contribution in [0.4, 0.5) is 10.5 Å². The first-order valence-electron chi connectivity index (χ1n) is 8.95. The minimum Gasteiger partial charge on any atom is -0.495 e. The summed E-state index contributed by atoms with van der Waals surface area (Å²) in [6, 6.07) is 13.4. The maximum Gasteiger partial charge on any atom is 0.322 e. The van der Waals surface area contributed by atoms with Crippen molar-refractivity contribution < 1.29 is 14.3 Å². The number of halogens is 1. The van der Waals surface area contributed by atoms with Gasteiger partial charge in [-0.25, -0.2) is 4.79 Å². The number of methoxy groups -OCH3 is 1. The van der Waals surface area contributed by atoms with Gasteiger partial charge in [0.25, 0.3) is 5.91 Å². The molecule has 1 heterocycles. The first-order chi connectivity index (χ1) is 13.5. The summed E-state index contributed by atoms with van der Waals surface area (Å²) in [7, 11) is 1.54. The molecule has 1 aliphatic rings. The van der Waals surface area contributed by atoms with E-state index >= 15 is 0 Å². The van der Waals surface area contributed by atoms with E-state index in [4.69, 9.17) is 16.3 Å². The van der Waals surface area contributed by atoms with E-state index in [0.29, 0.717) is 39.8 Å². The number of ether oxygens (including phenoxy) is 1. The van der Waals surface area contributed by atoms with Crippen molar-refractivity contribution in [3.63, 3.8) is 0 Å². The molecule has 0 fully saturated rings. The third-order valence-corrected chi connectivity index (χ3v) is 5.07. The lowest BCUT2D eigenvalue weighted by atomic mass is 9.94. The van der Waals surface area contributed by atoms with Gasteiger partial charge in [-0.2, -0.15) is 0 Å². The normalized spacial score (nSPS) is 16.6. The van der Waals surface area contributed by atoms with E-state index in [1.165, 1.54) is 4.90 Å². The van der Waals surface area contributed by atoms with Crippen molar-refractivity contribution in [1.82, 2.24) is 10.2 Å². The summed E-state index contributed by atoms with van der Waals surface area (Å²) < 4.78 is 5.32. The summed E-state index contributed by atoms with van der Waals surface area (Å²) in [6.07, 6.45) is 0. The highest BCUT2D eigenvalue weighted by Gasteiger charge is 2.36. The molecule has 146 valence electrons. The predicted octanol–water partition coefficient (Wildman–Crippen LogP) is 4.35. The average molecular weight is 400 g/mol. The second kappa shape index (κ2) is 8.35. The zero-order valence-corrected chi connectivity index (χ0v) is 16.7. The molecule has 0 spiro atoms. The molecule has 0 saturated heterocycles. The van der Waals surface area contributed by atoms with Crippen LogP contribution in [-0.2, 0) is 4.79 Å². The Morgan fingerprint density at radius 2 is 1.89 bits per heavy atom. The van der Waals surface area contributed by atoms with Crippen LogP contribution in [0.1, 0.15) is 25.5 Å². The van der Waals surface area contributed by atoms with Crippen LogP contribution >= 0.6 is 11.6 Å². The molecule has 0 aromatic heterocycles. The van der Waals surface area contributed by atoms with Gasteiger partial charge in [0.15, 0.2) is 0 Å². The highest BCUT2D eigenvalue weighted by atomic mass is 35.5. The van der Waals surface area contributed by atoms with Gasteiger partial charge < -0.3 is 15.4 Å². The van der Waals surface area contributed by atoms with Gasteiger partial charge in [0, 0.05) is 17.3 Å². The van der Waals surface area contributed by atoms with Crippen LogP contribution < -0.4 is 15.4 Å². The van der Waals surface area contributed by atoms with E-state index < -0.39 is 6.04 Å². The van der Waals surface area contributed by atoms with Crippen molar-refractivity contribution >= 4 is 29.2 Å². The fraction of sp³-hybridized carbons (Fsp3) is 0.238. The van der Waals surface area contributed by atoms with E-state index in [2.05, 4.69) is 10.6 Å². The summed E-state index contributed by atoms with van der Waals surface area (Å²) in [5.74, 6) is 0.223. The van der Waals surface area contributed by atoms with Gasteiger partial charge in [0.1, 0.15) is 5.75 Å². The first kappa shape index (κ1) is 19.8. The maximum atomic E-state index is 13.3. The van der Waals surface area contributed by atoms with Crippen molar-refractivity contribution in [2.45, 2.75) is 19.9 Å². The van der Waals surface area contributed by atoms with Crippen LogP contribution in [0.3, 0.4) is 0 Å². The Labute approximate surface area is 169 Å². The van der Waals surface area contributed by atoms with E-state index in [0.717, 1.165) is 0 Å². The highest BCUT2D eigenvalue weighted by Crippen LogP contribution is 2.35. The highest BCUT2D eigenvalue weighted by molar-refractivity contribution is 6.31. The van der Waals surface area contributed by atoms with E-state index in [-0.39, 0.29) is 11.9 Å². The van der Waals surface area contributed by atoms with Gasteiger partial charge >= 0.3 is 6.03 Å². The van der Waals surface area contributed by atoms with Gasteiger partial charge in [-0.1, -0.05) is 41.9 Å². The number of carbonyl (C=O) groups excluding carboxylic acids is 2. The lowest BCUT2D eigenvalue weighted by Crippen LogP contribution is -2.48. The number of anilines is 1. The van der Waals surface area contributed by atoms with Crippen molar-refractivity contribution in [1.29, 1.82) is 0 Å². The second-order valence-electron chi connectivity index (χ2n) is 6.30. The largest absolute Gasteiger partial charge is 0.495 e. The summed E-state index contributed by atoms with van der Waals surface area (Å²) in [4.78, 5) is 27.3. The number of benzene rings is 2. The first-order valence-corrected chi connectivity index (χ1v) is 9.33. The molecule has 1 aliphatic heterocycles. The SMILES string of the molecule is CCN1C(=O)N[C@H](c2ccccc2Cl)C(C(=O)Nc2ccccc2OC)=C1C. The van der Waals surface area contributed by atoms with Crippen molar-refractivity contribution in [2.75, 3.05) is 19.0 Å². The number of hydrogen-bond acceptors (Lipinski definition) is 3. The number of nitrogens with one attached hydrogen (secondary N) is 2. The number of nitrogens with zero attached hydrogens (tertiary/aromatic N) is 1. The van der Waals surface area contributed by atoms with Crippen LogP contribution in [-0.4, -0.2) is 30.5 Å². The Morgan fingerprint density at radius 1 is 1.21 bits per heavy atom. The molecular weight excluding hydrogens is 378 g/mol. The Bertz CT molecular complexity index is 942. The van der Waals surface area contributed by atoms with Crippen LogP contribution in [0.25, 0.3) is 0 Å². The average Bonchev–Trinajstić information content (AvgIpc) is 2.68. The number of para-hydroxylation sites is 2. The summed E-state index contributed by atoms with van der Waals surface area (Å²) in [5, 5.41) is 6.28. The monoisotopic (exact) mass is 399 g/mol. The van der Waals surface area contributed by atoms with Crippen LogP contribution in [0, 0.1) is 0 Å². The van der Waals surface area contributed by atoms with Crippen LogP contribution in [0.2, 0.25) is 5.02 Å². The van der Waals surface area contributed by atoms with E-state index in [9.17, 15) is 9.59 Å². The molecule has 0 radical (unpaired) electrons. The molecule has 2 N–H and O–H groups in total. The van der Waals surface area contributed by atoms with Crippen molar-refractivity contribution in [3.8, 4) is 5.75 Å². The minimum atomic E-state index is -0.654. The molecule has 28 heavy (non-hydrogen) atoms.